The van der Waals surface area contributed by atoms with E-state index in [1.807, 2.05) is 16.7 Å². The van der Waals surface area contributed by atoms with E-state index in [0.717, 1.165) is 17.5 Å². The standard InChI is InChI=1S/C18H17F3N6/c19-12-8-14(21)13(20)7-11(12)9-1-2-16-15(5-9)24-17-6-10(3-4-27(16)17)18(25-22)26-23/h3-4,6-9H,1-2,5,22-23H2,(H,25,26). The number of hydrazine groups is 1. The van der Waals surface area contributed by atoms with E-state index in [4.69, 9.17) is 11.7 Å². The highest BCUT2D eigenvalue weighted by molar-refractivity contribution is 5.98. The van der Waals surface area contributed by atoms with Gasteiger partial charge in [-0.1, -0.05) is 0 Å². The second-order valence-corrected chi connectivity index (χ2v) is 6.50. The smallest absolute Gasteiger partial charge is 0.167 e. The third-order valence-corrected chi connectivity index (χ3v) is 5.00. The van der Waals surface area contributed by atoms with E-state index >= 15 is 0 Å². The normalized spacial score (nSPS) is 17.2. The molecular weight excluding hydrogens is 357 g/mol. The first-order chi connectivity index (χ1) is 13.0. The first-order valence-corrected chi connectivity index (χ1v) is 8.41. The molecule has 2 heterocycles. The number of benzene rings is 1. The van der Waals surface area contributed by atoms with Gasteiger partial charge in [0.05, 0.1) is 5.69 Å². The van der Waals surface area contributed by atoms with Crippen LogP contribution in [0.1, 0.15) is 34.9 Å². The minimum absolute atomic E-state index is 0.183. The monoisotopic (exact) mass is 374 g/mol. The second-order valence-electron chi connectivity index (χ2n) is 6.50. The number of nitrogens with zero attached hydrogens (tertiary/aromatic N) is 3. The largest absolute Gasteiger partial charge is 0.321 e. The molecule has 4 rings (SSSR count). The minimum Gasteiger partial charge on any atom is -0.321 e. The molecule has 0 bridgehead atoms. The molecular formula is C18H17F3N6. The third kappa shape index (κ3) is 2.89. The highest BCUT2D eigenvalue weighted by atomic mass is 19.2. The number of fused-ring (bicyclic) bond motifs is 3. The van der Waals surface area contributed by atoms with E-state index in [9.17, 15) is 13.2 Å². The number of imidazole rings is 1. The number of amidine groups is 1. The Bertz CT molecular complexity index is 1060. The zero-order valence-electron chi connectivity index (χ0n) is 14.2. The number of nitrogens with one attached hydrogen (secondary N) is 1. The fourth-order valence-corrected chi connectivity index (χ4v) is 3.68. The van der Waals surface area contributed by atoms with Crippen molar-refractivity contribution in [3.8, 4) is 0 Å². The summed E-state index contributed by atoms with van der Waals surface area (Å²) in [5.74, 6) is 7.80. The average Bonchev–Trinajstić information content (AvgIpc) is 3.02. The molecule has 2 aromatic heterocycles. The molecule has 5 N–H and O–H groups in total. The Labute approximate surface area is 152 Å². The van der Waals surface area contributed by atoms with Gasteiger partial charge in [-0.2, -0.15) is 5.10 Å². The van der Waals surface area contributed by atoms with Gasteiger partial charge in [0, 0.05) is 23.5 Å². The first kappa shape index (κ1) is 17.3. The van der Waals surface area contributed by atoms with Crippen LogP contribution in [0.5, 0.6) is 0 Å². The van der Waals surface area contributed by atoms with Crippen LogP contribution >= 0.6 is 0 Å². The van der Waals surface area contributed by atoms with Crippen molar-refractivity contribution in [2.75, 3.05) is 0 Å². The highest BCUT2D eigenvalue weighted by Gasteiger charge is 2.27. The van der Waals surface area contributed by atoms with E-state index in [-0.39, 0.29) is 11.5 Å². The molecule has 0 fully saturated rings. The van der Waals surface area contributed by atoms with Gasteiger partial charge in [-0.25, -0.2) is 24.0 Å². The molecule has 1 atom stereocenters. The van der Waals surface area contributed by atoms with E-state index in [2.05, 4.69) is 15.5 Å². The van der Waals surface area contributed by atoms with Crippen LogP contribution in [0, 0.1) is 17.5 Å². The Morgan fingerprint density at radius 1 is 1.19 bits per heavy atom. The maximum absolute atomic E-state index is 14.1. The van der Waals surface area contributed by atoms with E-state index in [1.165, 1.54) is 0 Å². The van der Waals surface area contributed by atoms with Gasteiger partial charge < -0.3 is 15.7 Å². The number of hydrazone groups is 1. The van der Waals surface area contributed by atoms with Crippen LogP contribution in [0.15, 0.2) is 35.6 Å². The molecule has 6 nitrogen and oxygen atoms in total. The number of hydrogen-bond acceptors (Lipinski definition) is 4. The molecule has 27 heavy (non-hydrogen) atoms. The maximum Gasteiger partial charge on any atom is 0.167 e. The number of nitrogens with two attached hydrogens (primary N) is 2. The van der Waals surface area contributed by atoms with Crippen molar-refractivity contribution in [2.45, 2.75) is 25.2 Å². The molecule has 0 aliphatic heterocycles. The van der Waals surface area contributed by atoms with Crippen LogP contribution in [0.3, 0.4) is 0 Å². The Kier molecular flexibility index (Phi) is 4.23. The van der Waals surface area contributed by atoms with Gasteiger partial charge in [0.2, 0.25) is 0 Å². The van der Waals surface area contributed by atoms with E-state index in [1.54, 1.807) is 6.07 Å². The predicted octanol–water partition coefficient (Wildman–Crippen LogP) is 2.11. The van der Waals surface area contributed by atoms with Crippen LogP contribution in [-0.2, 0) is 12.8 Å². The van der Waals surface area contributed by atoms with Gasteiger partial charge in [0.1, 0.15) is 11.5 Å². The van der Waals surface area contributed by atoms with Gasteiger partial charge in [0.15, 0.2) is 17.5 Å². The number of rotatable bonds is 2. The summed E-state index contributed by atoms with van der Waals surface area (Å²) in [4.78, 5) is 4.62. The molecule has 1 aliphatic carbocycles. The van der Waals surface area contributed by atoms with Crippen LogP contribution < -0.4 is 17.1 Å². The third-order valence-electron chi connectivity index (χ3n) is 5.00. The maximum atomic E-state index is 14.1. The summed E-state index contributed by atoms with van der Waals surface area (Å²) < 4.78 is 42.9. The SMILES string of the molecule is N/N=C(\NN)c1ccn2c3c(nc2c1)CC(c1cc(F)c(F)cc1F)CC3. The molecule has 0 spiro atoms. The Morgan fingerprint density at radius 3 is 2.70 bits per heavy atom. The molecule has 3 aromatic rings. The van der Waals surface area contributed by atoms with Gasteiger partial charge in [-0.15, -0.1) is 0 Å². The highest BCUT2D eigenvalue weighted by Crippen LogP contribution is 2.35. The number of aromatic nitrogens is 2. The fraction of sp³-hybridized carbons (Fsp3) is 0.222. The molecule has 1 unspecified atom stereocenters. The van der Waals surface area contributed by atoms with Crippen molar-refractivity contribution in [3.05, 3.63) is 70.4 Å². The average molecular weight is 374 g/mol. The first-order valence-electron chi connectivity index (χ1n) is 8.41. The lowest BCUT2D eigenvalue weighted by molar-refractivity contribution is 0.473. The van der Waals surface area contributed by atoms with Crippen LogP contribution in [0.4, 0.5) is 13.2 Å². The predicted molar refractivity (Wildman–Crippen MR) is 94.3 cm³/mol. The lowest BCUT2D eigenvalue weighted by Crippen LogP contribution is -2.32. The summed E-state index contributed by atoms with van der Waals surface area (Å²) >= 11 is 0. The fourth-order valence-electron chi connectivity index (χ4n) is 3.68. The molecule has 1 aliphatic rings. The Hall–Kier alpha value is -3.07. The van der Waals surface area contributed by atoms with Gasteiger partial charge in [-0.3, -0.25) is 0 Å². The number of halogens is 3. The lowest BCUT2D eigenvalue weighted by Gasteiger charge is -2.22. The molecule has 0 radical (unpaired) electrons. The van der Waals surface area contributed by atoms with Gasteiger partial charge >= 0.3 is 0 Å². The summed E-state index contributed by atoms with van der Waals surface area (Å²) in [5.41, 5.74) is 5.78. The van der Waals surface area contributed by atoms with Gasteiger partial charge in [-0.05, 0) is 48.9 Å². The topological polar surface area (TPSA) is 93.7 Å². The van der Waals surface area contributed by atoms with Gasteiger partial charge in [0.25, 0.3) is 0 Å². The zero-order valence-corrected chi connectivity index (χ0v) is 14.2. The van der Waals surface area contributed by atoms with Crippen molar-refractivity contribution in [2.24, 2.45) is 16.8 Å². The number of aryl methyl sites for hydroxylation is 1. The van der Waals surface area contributed by atoms with E-state index < -0.39 is 17.5 Å². The molecule has 0 saturated carbocycles. The van der Waals surface area contributed by atoms with Crippen molar-refractivity contribution in [1.82, 2.24) is 14.8 Å². The van der Waals surface area contributed by atoms with Crippen molar-refractivity contribution < 1.29 is 13.2 Å². The number of hydrogen-bond donors (Lipinski definition) is 3. The molecule has 0 amide bonds. The Balaban J connectivity index is 1.71. The quantitative estimate of drug-likeness (QED) is 0.211. The van der Waals surface area contributed by atoms with Crippen LogP contribution in [0.25, 0.3) is 5.65 Å². The molecule has 9 heteroatoms. The van der Waals surface area contributed by atoms with Crippen LogP contribution in [-0.4, -0.2) is 15.2 Å². The molecule has 0 saturated heterocycles. The summed E-state index contributed by atoms with van der Waals surface area (Å²) in [7, 11) is 0. The van der Waals surface area contributed by atoms with Crippen LogP contribution in [0.2, 0.25) is 0 Å². The number of pyridine rings is 1. The summed E-state index contributed by atoms with van der Waals surface area (Å²) in [6.45, 7) is 0. The Morgan fingerprint density at radius 2 is 1.96 bits per heavy atom. The summed E-state index contributed by atoms with van der Waals surface area (Å²) in [6.07, 6.45) is 3.55. The van der Waals surface area contributed by atoms with Crippen molar-refractivity contribution >= 4 is 11.5 Å². The summed E-state index contributed by atoms with van der Waals surface area (Å²) in [6, 6.07) is 5.15. The summed E-state index contributed by atoms with van der Waals surface area (Å²) in [5, 5.41) is 3.58. The second kappa shape index (κ2) is 6.58. The molecule has 140 valence electrons. The minimum atomic E-state index is -1.18. The molecule has 1 aromatic carbocycles. The zero-order chi connectivity index (χ0) is 19.1. The van der Waals surface area contributed by atoms with Crippen molar-refractivity contribution in [1.29, 1.82) is 0 Å². The van der Waals surface area contributed by atoms with Crippen molar-refractivity contribution in [3.63, 3.8) is 0 Å². The lowest BCUT2D eigenvalue weighted by atomic mass is 9.84. The van der Waals surface area contributed by atoms with E-state index in [0.29, 0.717) is 42.4 Å².